The van der Waals surface area contributed by atoms with Crippen molar-refractivity contribution < 1.29 is 14.3 Å². The van der Waals surface area contributed by atoms with Gasteiger partial charge >= 0.3 is 0 Å². The van der Waals surface area contributed by atoms with Crippen molar-refractivity contribution in [2.75, 3.05) is 20.0 Å². The molecule has 0 saturated carbocycles. The molecular formula is C22H22N2O3S2. The molecule has 0 saturated heterocycles. The molecule has 0 aliphatic rings. The zero-order chi connectivity index (χ0) is 20.6. The number of amides is 1. The van der Waals surface area contributed by atoms with Crippen LogP contribution in [0.1, 0.15) is 12.8 Å². The summed E-state index contributed by atoms with van der Waals surface area (Å²) in [6.07, 6.45) is 6.70. The van der Waals surface area contributed by atoms with Crippen LogP contribution >= 0.6 is 23.1 Å². The van der Waals surface area contributed by atoms with Crippen LogP contribution in [0.15, 0.2) is 52.4 Å². The molecule has 0 fully saturated rings. The number of rotatable bonds is 8. The monoisotopic (exact) mass is 426 g/mol. The zero-order valence-electron chi connectivity index (χ0n) is 16.4. The number of hydrogen-bond donors (Lipinski definition) is 0. The first-order chi connectivity index (χ1) is 14.2. The third-order valence-corrected chi connectivity index (χ3v) is 6.40. The number of terminal acetylenes is 1. The fraction of sp³-hybridized carbons (Fsp3) is 0.273. The molecule has 0 unspecified atom stereocenters. The molecule has 0 radical (unpaired) electrons. The van der Waals surface area contributed by atoms with Crippen molar-refractivity contribution in [3.8, 4) is 23.8 Å². The maximum absolute atomic E-state index is 12.5. The number of thiazole rings is 1. The fourth-order valence-electron chi connectivity index (χ4n) is 2.87. The number of carbonyl (C=O) groups excluding carboxylic acids is 1. The van der Waals surface area contributed by atoms with E-state index in [1.54, 1.807) is 26.0 Å². The first kappa shape index (κ1) is 21.0. The van der Waals surface area contributed by atoms with E-state index in [9.17, 15) is 4.79 Å². The Balaban J connectivity index is 1.82. The Morgan fingerprint density at radius 3 is 2.59 bits per heavy atom. The summed E-state index contributed by atoms with van der Waals surface area (Å²) >= 11 is 3.12. The summed E-state index contributed by atoms with van der Waals surface area (Å²) in [5.74, 6) is 4.71. The quantitative estimate of drug-likeness (QED) is 0.305. The molecule has 3 rings (SSSR count). The van der Waals surface area contributed by atoms with Gasteiger partial charge in [0, 0.05) is 11.3 Å². The number of methoxy groups -OCH3 is 2. The van der Waals surface area contributed by atoms with Crippen molar-refractivity contribution >= 4 is 39.2 Å². The Morgan fingerprint density at radius 2 is 1.90 bits per heavy atom. The molecule has 150 valence electrons. The number of benzene rings is 2. The minimum absolute atomic E-state index is 0.158. The van der Waals surface area contributed by atoms with Gasteiger partial charge in [-0.2, -0.15) is 4.99 Å². The van der Waals surface area contributed by atoms with Gasteiger partial charge in [-0.3, -0.25) is 4.79 Å². The molecule has 1 aromatic heterocycles. The lowest BCUT2D eigenvalue weighted by molar-refractivity contribution is -0.118. The highest BCUT2D eigenvalue weighted by Gasteiger charge is 2.16. The highest BCUT2D eigenvalue weighted by atomic mass is 32.2. The van der Waals surface area contributed by atoms with Gasteiger partial charge in [0.25, 0.3) is 0 Å². The van der Waals surface area contributed by atoms with E-state index in [1.165, 1.54) is 16.2 Å². The molecule has 5 nitrogen and oxygen atoms in total. The Kier molecular flexibility index (Phi) is 7.39. The van der Waals surface area contributed by atoms with Crippen molar-refractivity contribution in [1.82, 2.24) is 4.57 Å². The van der Waals surface area contributed by atoms with Gasteiger partial charge in [0.1, 0.15) is 21.7 Å². The minimum Gasteiger partial charge on any atom is -0.495 e. The van der Waals surface area contributed by atoms with Crippen molar-refractivity contribution in [3.63, 3.8) is 0 Å². The Labute approximate surface area is 178 Å². The van der Waals surface area contributed by atoms with E-state index in [1.807, 2.05) is 34.9 Å². The predicted molar refractivity (Wildman–Crippen MR) is 119 cm³/mol. The van der Waals surface area contributed by atoms with Gasteiger partial charge < -0.3 is 14.0 Å². The number of fused-ring (bicyclic) bond motifs is 1. The molecule has 0 spiro atoms. The van der Waals surface area contributed by atoms with E-state index >= 15 is 0 Å². The molecule has 2 aromatic carbocycles. The molecule has 0 atom stereocenters. The number of thioether (sulfide) groups is 1. The summed E-state index contributed by atoms with van der Waals surface area (Å²) in [7, 11) is 3.21. The summed E-state index contributed by atoms with van der Waals surface area (Å²) in [6, 6.07) is 13.8. The molecule has 0 N–H and O–H groups in total. The van der Waals surface area contributed by atoms with Gasteiger partial charge in [0.15, 0.2) is 4.80 Å². The lowest BCUT2D eigenvalue weighted by Crippen LogP contribution is -2.16. The van der Waals surface area contributed by atoms with Crippen molar-refractivity contribution in [1.29, 1.82) is 0 Å². The first-order valence-electron chi connectivity index (χ1n) is 9.11. The van der Waals surface area contributed by atoms with Gasteiger partial charge in [-0.25, -0.2) is 0 Å². The molecule has 0 aliphatic heterocycles. The van der Waals surface area contributed by atoms with Crippen LogP contribution < -0.4 is 14.3 Å². The van der Waals surface area contributed by atoms with Crippen molar-refractivity contribution in [2.24, 2.45) is 4.99 Å². The van der Waals surface area contributed by atoms with Crippen LogP contribution in [-0.2, 0) is 11.3 Å². The number of hydrogen-bond acceptors (Lipinski definition) is 5. The standard InChI is InChI=1S/C22H22N2O3S2/c1-4-14-24-20-17(26-2)12-13-18(27-3)21(20)29-22(24)23-19(25)11-8-15-28-16-9-6-5-7-10-16/h1,5-7,9-10,12-13H,8,11,14-15H2,2-3H3. The summed E-state index contributed by atoms with van der Waals surface area (Å²) in [5.41, 5.74) is 0.793. The Hall–Kier alpha value is -2.69. The predicted octanol–water partition coefficient (Wildman–Crippen LogP) is 4.35. The van der Waals surface area contributed by atoms with E-state index in [0.717, 1.165) is 22.4 Å². The Morgan fingerprint density at radius 1 is 1.17 bits per heavy atom. The molecular weight excluding hydrogens is 404 g/mol. The minimum atomic E-state index is -0.158. The number of aromatic nitrogens is 1. The van der Waals surface area contributed by atoms with Gasteiger partial charge in [-0.1, -0.05) is 35.5 Å². The van der Waals surface area contributed by atoms with Crippen LogP contribution in [-0.4, -0.2) is 30.4 Å². The fourth-order valence-corrected chi connectivity index (χ4v) is 4.90. The van der Waals surface area contributed by atoms with Crippen molar-refractivity contribution in [3.05, 3.63) is 47.3 Å². The van der Waals surface area contributed by atoms with Crippen LogP contribution in [0.4, 0.5) is 0 Å². The van der Waals surface area contributed by atoms with Crippen LogP contribution in [0.25, 0.3) is 10.2 Å². The van der Waals surface area contributed by atoms with E-state index < -0.39 is 0 Å². The smallest absolute Gasteiger partial charge is 0.248 e. The summed E-state index contributed by atoms with van der Waals surface area (Å²) in [5, 5.41) is 0. The van der Waals surface area contributed by atoms with Crippen LogP contribution in [0, 0.1) is 12.3 Å². The maximum Gasteiger partial charge on any atom is 0.248 e. The molecule has 29 heavy (non-hydrogen) atoms. The topological polar surface area (TPSA) is 52.8 Å². The molecule has 0 aliphatic carbocycles. The lowest BCUT2D eigenvalue weighted by atomic mass is 10.3. The Bertz CT molecular complexity index is 1090. The average Bonchev–Trinajstić information content (AvgIpc) is 3.09. The van der Waals surface area contributed by atoms with E-state index in [-0.39, 0.29) is 5.91 Å². The highest BCUT2D eigenvalue weighted by Crippen LogP contribution is 2.35. The highest BCUT2D eigenvalue weighted by molar-refractivity contribution is 7.99. The zero-order valence-corrected chi connectivity index (χ0v) is 18.0. The number of carbonyl (C=O) groups is 1. The second-order valence-electron chi connectivity index (χ2n) is 6.09. The molecule has 1 heterocycles. The average molecular weight is 427 g/mol. The first-order valence-corrected chi connectivity index (χ1v) is 10.9. The molecule has 3 aromatic rings. The maximum atomic E-state index is 12.5. The molecule has 1 amide bonds. The number of ether oxygens (including phenoxy) is 2. The largest absolute Gasteiger partial charge is 0.495 e. The van der Waals surface area contributed by atoms with Gasteiger partial charge in [0.2, 0.25) is 5.91 Å². The van der Waals surface area contributed by atoms with Gasteiger partial charge in [-0.05, 0) is 36.4 Å². The van der Waals surface area contributed by atoms with E-state index in [0.29, 0.717) is 29.3 Å². The van der Waals surface area contributed by atoms with Crippen LogP contribution in [0.5, 0.6) is 11.5 Å². The summed E-state index contributed by atoms with van der Waals surface area (Å²) in [4.78, 5) is 18.6. The number of nitrogens with zero attached hydrogens (tertiary/aromatic N) is 2. The second kappa shape index (κ2) is 10.2. The molecule has 7 heteroatoms. The normalized spacial score (nSPS) is 11.4. The lowest BCUT2D eigenvalue weighted by Gasteiger charge is -2.08. The van der Waals surface area contributed by atoms with Crippen molar-refractivity contribution in [2.45, 2.75) is 24.3 Å². The third kappa shape index (κ3) is 5.03. The van der Waals surface area contributed by atoms with Crippen LogP contribution in [0.2, 0.25) is 0 Å². The summed E-state index contributed by atoms with van der Waals surface area (Å²) < 4.78 is 13.6. The SMILES string of the molecule is C#CCn1c(=NC(=O)CCCSc2ccccc2)sc2c(OC)ccc(OC)c21. The van der Waals surface area contributed by atoms with E-state index in [2.05, 4.69) is 23.0 Å². The third-order valence-electron chi connectivity index (χ3n) is 4.21. The van der Waals surface area contributed by atoms with Gasteiger partial charge in [-0.15, -0.1) is 18.2 Å². The molecule has 0 bridgehead atoms. The van der Waals surface area contributed by atoms with Crippen LogP contribution in [0.3, 0.4) is 0 Å². The van der Waals surface area contributed by atoms with E-state index in [4.69, 9.17) is 15.9 Å². The van der Waals surface area contributed by atoms with Gasteiger partial charge in [0.05, 0.1) is 20.8 Å². The second-order valence-corrected chi connectivity index (χ2v) is 8.24. The summed E-state index contributed by atoms with van der Waals surface area (Å²) in [6.45, 7) is 0.291.